The minimum absolute atomic E-state index is 0.00634. The van der Waals surface area contributed by atoms with E-state index in [9.17, 15) is 9.59 Å². The highest BCUT2D eigenvalue weighted by atomic mass is 16.3. The Bertz CT molecular complexity index is 719. The molecular formula is C13H12N4O3. The second kappa shape index (κ2) is 4.78. The summed E-state index contributed by atoms with van der Waals surface area (Å²) in [6.45, 7) is -0.262. The fourth-order valence-corrected chi connectivity index (χ4v) is 2.13. The van der Waals surface area contributed by atoms with Gasteiger partial charge in [0.25, 0.3) is 11.8 Å². The minimum Gasteiger partial charge on any atom is -0.395 e. The molecule has 0 aliphatic carbocycles. The summed E-state index contributed by atoms with van der Waals surface area (Å²) in [4.78, 5) is 24.7. The smallest absolute Gasteiger partial charge is 0.277 e. The molecule has 0 fully saturated rings. The number of benzene rings is 1. The molecule has 2 aromatic rings. The molecule has 0 bridgehead atoms. The summed E-state index contributed by atoms with van der Waals surface area (Å²) in [5, 5.41) is 19.5. The van der Waals surface area contributed by atoms with Gasteiger partial charge < -0.3 is 10.4 Å². The Morgan fingerprint density at radius 1 is 1.35 bits per heavy atom. The molecule has 1 aliphatic rings. The summed E-state index contributed by atoms with van der Waals surface area (Å²) in [5.74, 6) is -0.871. The van der Waals surface area contributed by atoms with Gasteiger partial charge in [-0.1, -0.05) is 12.1 Å². The van der Waals surface area contributed by atoms with Crippen LogP contribution < -0.4 is 5.32 Å². The second-order valence-corrected chi connectivity index (χ2v) is 4.34. The molecule has 2 amide bonds. The fourth-order valence-electron chi connectivity index (χ4n) is 2.13. The lowest BCUT2D eigenvalue weighted by atomic mass is 10.2. The molecule has 0 atom stereocenters. The topological polar surface area (TPSA) is 98.3 Å². The van der Waals surface area contributed by atoms with E-state index in [1.165, 1.54) is 6.08 Å². The first-order valence-electron chi connectivity index (χ1n) is 6.08. The lowest BCUT2D eigenvalue weighted by Gasteiger charge is -2.13. The summed E-state index contributed by atoms with van der Waals surface area (Å²) < 4.78 is 0. The maximum absolute atomic E-state index is 12.0. The van der Waals surface area contributed by atoms with E-state index >= 15 is 0 Å². The Morgan fingerprint density at radius 3 is 3.00 bits per heavy atom. The fraction of sp³-hybridized carbons (Fsp3) is 0.154. The summed E-state index contributed by atoms with van der Waals surface area (Å²) in [6.07, 6.45) is 2.90. The molecule has 20 heavy (non-hydrogen) atoms. The largest absolute Gasteiger partial charge is 0.395 e. The van der Waals surface area contributed by atoms with Crippen LogP contribution in [0.2, 0.25) is 0 Å². The maximum Gasteiger partial charge on any atom is 0.277 e. The van der Waals surface area contributed by atoms with Crippen LogP contribution in [-0.4, -0.2) is 45.2 Å². The average molecular weight is 272 g/mol. The van der Waals surface area contributed by atoms with Gasteiger partial charge in [-0.3, -0.25) is 19.6 Å². The number of hydrogen-bond acceptors (Lipinski definition) is 5. The normalized spacial score (nSPS) is 15.1. The Balaban J connectivity index is 1.89. The molecule has 102 valence electrons. The predicted molar refractivity (Wildman–Crippen MR) is 71.6 cm³/mol. The lowest BCUT2D eigenvalue weighted by molar-refractivity contribution is -0.137. The summed E-state index contributed by atoms with van der Waals surface area (Å²) >= 11 is 0. The number of β-amino-alcohol motifs (C(OH)–C–C–N with tert-alkyl or cyclic N) is 1. The third-order valence-electron chi connectivity index (χ3n) is 3.08. The van der Waals surface area contributed by atoms with Crippen molar-refractivity contribution in [2.24, 2.45) is 0 Å². The van der Waals surface area contributed by atoms with Crippen molar-refractivity contribution in [2.75, 3.05) is 18.5 Å². The number of hydrogen-bond donors (Lipinski definition) is 3. The van der Waals surface area contributed by atoms with E-state index in [4.69, 9.17) is 5.11 Å². The minimum atomic E-state index is -0.444. The van der Waals surface area contributed by atoms with Gasteiger partial charge in [0.1, 0.15) is 5.70 Å². The number of rotatable bonds is 4. The first kappa shape index (κ1) is 12.4. The molecule has 0 saturated heterocycles. The van der Waals surface area contributed by atoms with Crippen molar-refractivity contribution in [1.82, 2.24) is 15.1 Å². The number of aliphatic hydroxyl groups excluding tert-OH is 1. The Hall–Kier alpha value is -2.67. The highest BCUT2D eigenvalue weighted by molar-refractivity contribution is 6.17. The molecule has 0 radical (unpaired) electrons. The van der Waals surface area contributed by atoms with Crippen molar-refractivity contribution in [3.63, 3.8) is 0 Å². The van der Waals surface area contributed by atoms with Crippen LogP contribution in [0.3, 0.4) is 0 Å². The van der Waals surface area contributed by atoms with Gasteiger partial charge in [-0.15, -0.1) is 0 Å². The van der Waals surface area contributed by atoms with E-state index in [1.54, 1.807) is 12.3 Å². The highest BCUT2D eigenvalue weighted by Gasteiger charge is 2.30. The molecule has 0 unspecified atom stereocenters. The number of aromatic nitrogens is 2. The van der Waals surface area contributed by atoms with Crippen LogP contribution >= 0.6 is 0 Å². The Labute approximate surface area is 113 Å². The van der Waals surface area contributed by atoms with E-state index < -0.39 is 11.8 Å². The molecular weight excluding hydrogens is 260 g/mol. The van der Waals surface area contributed by atoms with Gasteiger partial charge in [0.2, 0.25) is 0 Å². The first-order chi connectivity index (χ1) is 9.70. The zero-order chi connectivity index (χ0) is 14.1. The van der Waals surface area contributed by atoms with Crippen LogP contribution in [0.4, 0.5) is 5.69 Å². The number of nitrogens with zero attached hydrogens (tertiary/aromatic N) is 2. The number of aliphatic hydroxyl groups is 1. The van der Waals surface area contributed by atoms with E-state index in [0.717, 1.165) is 15.8 Å². The number of para-hydroxylation sites is 1. The molecule has 3 N–H and O–H groups in total. The second-order valence-electron chi connectivity index (χ2n) is 4.34. The Morgan fingerprint density at radius 2 is 2.20 bits per heavy atom. The maximum atomic E-state index is 12.0. The summed E-state index contributed by atoms with van der Waals surface area (Å²) in [6, 6.07) is 5.50. The SMILES string of the molecule is O=C1C=C(Nc2cccc3cn[nH]c23)C(=O)N1CCO. The zero-order valence-corrected chi connectivity index (χ0v) is 10.5. The standard InChI is InChI=1S/C13H12N4O3/c18-5-4-17-11(19)6-10(13(17)20)15-9-3-1-2-8-7-14-16-12(8)9/h1-3,6-7,15,18H,4-5H2,(H,14,16). The predicted octanol–water partition coefficient (Wildman–Crippen LogP) is 0.220. The van der Waals surface area contributed by atoms with E-state index in [-0.39, 0.29) is 18.8 Å². The molecule has 1 aliphatic heterocycles. The van der Waals surface area contributed by atoms with Crippen molar-refractivity contribution in [1.29, 1.82) is 0 Å². The third-order valence-corrected chi connectivity index (χ3v) is 3.08. The summed E-state index contributed by atoms with van der Waals surface area (Å²) in [7, 11) is 0. The number of carbonyl (C=O) groups excluding carboxylic acids is 2. The molecule has 0 spiro atoms. The Kier molecular flexibility index (Phi) is 2.96. The van der Waals surface area contributed by atoms with Gasteiger partial charge in [-0.25, -0.2) is 0 Å². The van der Waals surface area contributed by atoms with Gasteiger partial charge in [-0.05, 0) is 6.07 Å². The summed E-state index contributed by atoms with van der Waals surface area (Å²) in [5.41, 5.74) is 1.61. The van der Waals surface area contributed by atoms with E-state index in [2.05, 4.69) is 15.5 Å². The van der Waals surface area contributed by atoms with Gasteiger partial charge in [-0.2, -0.15) is 5.10 Å². The number of H-pyrrole nitrogens is 1. The van der Waals surface area contributed by atoms with Crippen LogP contribution in [0, 0.1) is 0 Å². The van der Waals surface area contributed by atoms with Gasteiger partial charge in [0, 0.05) is 11.5 Å². The molecule has 7 nitrogen and oxygen atoms in total. The molecule has 3 rings (SSSR count). The van der Waals surface area contributed by atoms with Crippen molar-refractivity contribution in [3.05, 3.63) is 36.2 Å². The van der Waals surface area contributed by atoms with Crippen LogP contribution in [0.25, 0.3) is 10.9 Å². The van der Waals surface area contributed by atoms with Crippen LogP contribution in [0.5, 0.6) is 0 Å². The van der Waals surface area contributed by atoms with Crippen LogP contribution in [-0.2, 0) is 9.59 Å². The highest BCUT2D eigenvalue weighted by Crippen LogP contribution is 2.23. The van der Waals surface area contributed by atoms with Gasteiger partial charge in [0.15, 0.2) is 0 Å². The molecule has 1 aromatic heterocycles. The number of anilines is 1. The van der Waals surface area contributed by atoms with Crippen molar-refractivity contribution < 1.29 is 14.7 Å². The van der Waals surface area contributed by atoms with Crippen molar-refractivity contribution in [3.8, 4) is 0 Å². The van der Waals surface area contributed by atoms with E-state index in [1.807, 2.05) is 12.1 Å². The van der Waals surface area contributed by atoms with Crippen molar-refractivity contribution in [2.45, 2.75) is 0 Å². The average Bonchev–Trinajstić information content (AvgIpc) is 3.00. The number of amides is 2. The van der Waals surface area contributed by atoms with Crippen LogP contribution in [0.1, 0.15) is 0 Å². The molecule has 7 heteroatoms. The number of fused-ring (bicyclic) bond motifs is 1. The lowest BCUT2D eigenvalue weighted by Crippen LogP contribution is -2.34. The van der Waals surface area contributed by atoms with E-state index in [0.29, 0.717) is 5.69 Å². The van der Waals surface area contributed by atoms with Crippen molar-refractivity contribution >= 4 is 28.4 Å². The number of nitrogens with one attached hydrogen (secondary N) is 2. The molecule has 2 heterocycles. The number of aromatic amines is 1. The zero-order valence-electron chi connectivity index (χ0n) is 10.5. The van der Waals surface area contributed by atoms with Gasteiger partial charge in [0.05, 0.1) is 30.6 Å². The molecule has 1 aromatic carbocycles. The molecule has 0 saturated carbocycles. The number of carbonyl (C=O) groups is 2. The first-order valence-corrected chi connectivity index (χ1v) is 6.08. The monoisotopic (exact) mass is 272 g/mol. The van der Waals surface area contributed by atoms with Gasteiger partial charge >= 0.3 is 0 Å². The number of imide groups is 1. The third kappa shape index (κ3) is 1.94. The van der Waals surface area contributed by atoms with Crippen LogP contribution in [0.15, 0.2) is 36.2 Å². The quantitative estimate of drug-likeness (QED) is 0.692.